The number of rotatable bonds is 7. The summed E-state index contributed by atoms with van der Waals surface area (Å²) in [6.45, 7) is 3.84. The quantitative estimate of drug-likeness (QED) is 0.387. The van der Waals surface area contributed by atoms with Crippen LogP contribution in [0.3, 0.4) is 0 Å². The van der Waals surface area contributed by atoms with E-state index in [1.807, 2.05) is 29.7 Å². The summed E-state index contributed by atoms with van der Waals surface area (Å²) in [5.41, 5.74) is 0.952. The molecule has 1 atom stereocenters. The highest BCUT2D eigenvalue weighted by atomic mass is 79.9. The first kappa shape index (κ1) is 24.1. The molecule has 1 amide bonds. The maximum Gasteiger partial charge on any atom is 0.266 e. The largest absolute Gasteiger partial charge is 0.380 e. The van der Waals surface area contributed by atoms with E-state index in [0.717, 1.165) is 26.0 Å². The first-order chi connectivity index (χ1) is 15.3. The lowest BCUT2D eigenvalue weighted by atomic mass is 10.2. The number of hydrogen-bond acceptors (Lipinski definition) is 6. The minimum atomic E-state index is -3.81. The summed E-state index contributed by atoms with van der Waals surface area (Å²) < 4.78 is 37.3. The van der Waals surface area contributed by atoms with Crippen LogP contribution in [-0.4, -0.2) is 49.0 Å². The van der Waals surface area contributed by atoms with Gasteiger partial charge in [0.15, 0.2) is 4.80 Å². The summed E-state index contributed by atoms with van der Waals surface area (Å²) in [7, 11) is -3.81. The fourth-order valence-corrected chi connectivity index (χ4v) is 8.52. The van der Waals surface area contributed by atoms with Gasteiger partial charge in [-0.25, -0.2) is 8.42 Å². The maximum atomic E-state index is 13.2. The molecule has 0 radical (unpaired) electrons. The summed E-state index contributed by atoms with van der Waals surface area (Å²) in [6, 6.07) is 8.09. The lowest BCUT2D eigenvalue weighted by molar-refractivity contribution is -0.121. The van der Waals surface area contributed by atoms with Gasteiger partial charge in [-0.15, -0.1) is 11.3 Å². The number of halogens is 2. The van der Waals surface area contributed by atoms with E-state index < -0.39 is 22.0 Å². The van der Waals surface area contributed by atoms with Crippen LogP contribution in [0.15, 0.2) is 44.0 Å². The van der Waals surface area contributed by atoms with Crippen LogP contribution in [-0.2, 0) is 26.1 Å². The maximum absolute atomic E-state index is 13.2. The molecule has 0 spiro atoms. The lowest BCUT2D eigenvalue weighted by Crippen LogP contribution is -2.40. The van der Waals surface area contributed by atoms with Gasteiger partial charge in [0.2, 0.25) is 0 Å². The Morgan fingerprint density at radius 1 is 1.31 bits per heavy atom. The molecule has 1 unspecified atom stereocenters. The fraction of sp³-hybridized carbons (Fsp3) is 0.400. The molecule has 1 saturated heterocycles. The Balaban J connectivity index is 1.70. The van der Waals surface area contributed by atoms with Crippen LogP contribution in [0.25, 0.3) is 10.2 Å². The molecule has 0 bridgehead atoms. The van der Waals surface area contributed by atoms with Crippen molar-refractivity contribution in [2.24, 2.45) is 4.99 Å². The Hall–Kier alpha value is -1.08. The van der Waals surface area contributed by atoms with Crippen molar-refractivity contribution < 1.29 is 17.9 Å². The average Bonchev–Trinajstić information content (AvgIpc) is 3.47. The number of amides is 1. The zero-order valence-corrected chi connectivity index (χ0v) is 22.0. The Kier molecular flexibility index (Phi) is 7.55. The summed E-state index contributed by atoms with van der Waals surface area (Å²) in [6.07, 6.45) is 1.05. The van der Waals surface area contributed by atoms with Gasteiger partial charge in [-0.1, -0.05) is 38.9 Å². The molecule has 0 aliphatic carbocycles. The number of hydrogen-bond donors (Lipinski definition) is 0. The van der Waals surface area contributed by atoms with Crippen LogP contribution in [0.4, 0.5) is 0 Å². The van der Waals surface area contributed by atoms with Gasteiger partial charge in [-0.05, 0) is 50.1 Å². The third-order valence-electron chi connectivity index (χ3n) is 5.11. The topological polar surface area (TPSA) is 81.0 Å². The smallest absolute Gasteiger partial charge is 0.266 e. The van der Waals surface area contributed by atoms with Crippen molar-refractivity contribution in [3.05, 3.63) is 43.9 Å². The number of nitrogens with zero attached hydrogens (tertiary/aromatic N) is 3. The molecule has 0 N–H and O–H groups in total. The highest BCUT2D eigenvalue weighted by Crippen LogP contribution is 2.32. The van der Waals surface area contributed by atoms with E-state index in [0.29, 0.717) is 41.7 Å². The molecular formula is C20H21BrClN3O4S3. The minimum absolute atomic E-state index is 0.140. The van der Waals surface area contributed by atoms with Crippen LogP contribution in [0.1, 0.15) is 19.8 Å². The molecule has 32 heavy (non-hydrogen) atoms. The normalized spacial score (nSPS) is 18.1. The molecule has 1 aromatic carbocycles. The number of thiazole rings is 1. The van der Waals surface area contributed by atoms with E-state index in [4.69, 9.17) is 16.3 Å². The van der Waals surface area contributed by atoms with Gasteiger partial charge < -0.3 is 9.30 Å². The van der Waals surface area contributed by atoms with E-state index >= 15 is 0 Å². The van der Waals surface area contributed by atoms with Gasteiger partial charge >= 0.3 is 0 Å². The molecule has 4 rings (SSSR count). The second kappa shape index (κ2) is 10.0. The number of fused-ring (bicyclic) bond motifs is 1. The summed E-state index contributed by atoms with van der Waals surface area (Å²) in [5, 5.41) is 0. The Morgan fingerprint density at radius 2 is 2.12 bits per heavy atom. The van der Waals surface area contributed by atoms with Crippen LogP contribution in [0, 0.1) is 0 Å². The molecule has 1 aliphatic rings. The van der Waals surface area contributed by atoms with Crippen LogP contribution in [0.2, 0.25) is 4.34 Å². The van der Waals surface area contributed by atoms with Gasteiger partial charge in [0.25, 0.3) is 15.9 Å². The van der Waals surface area contributed by atoms with Crippen LogP contribution < -0.4 is 4.80 Å². The molecule has 12 heteroatoms. The summed E-state index contributed by atoms with van der Waals surface area (Å²) >= 11 is 11.8. The standard InChI is InChI=1S/C20H21BrClN3O4S3/c1-2-29-11-10-24-14-6-5-13(21)12-16(14)30-20(24)23-19(26)15-4-3-9-25(15)32(27,28)18-8-7-17(22)31-18/h5-8,12,15H,2-4,9-11H2,1H3. The van der Waals surface area contributed by atoms with Crippen molar-refractivity contribution in [1.82, 2.24) is 8.87 Å². The monoisotopic (exact) mass is 577 g/mol. The average molecular weight is 579 g/mol. The van der Waals surface area contributed by atoms with Gasteiger partial charge in [-0.2, -0.15) is 9.30 Å². The zero-order chi connectivity index (χ0) is 22.9. The van der Waals surface area contributed by atoms with Gasteiger partial charge in [0.1, 0.15) is 10.3 Å². The third kappa shape index (κ3) is 4.89. The van der Waals surface area contributed by atoms with Gasteiger partial charge in [0.05, 0.1) is 21.2 Å². The van der Waals surface area contributed by atoms with Crippen LogP contribution >= 0.6 is 50.2 Å². The van der Waals surface area contributed by atoms with Crippen molar-refractivity contribution >= 4 is 76.4 Å². The molecule has 7 nitrogen and oxygen atoms in total. The number of aromatic nitrogens is 1. The van der Waals surface area contributed by atoms with E-state index in [-0.39, 0.29) is 10.8 Å². The molecule has 1 fully saturated rings. The van der Waals surface area contributed by atoms with Crippen molar-refractivity contribution in [3.8, 4) is 0 Å². The van der Waals surface area contributed by atoms with Crippen molar-refractivity contribution in [1.29, 1.82) is 0 Å². The highest BCUT2D eigenvalue weighted by Gasteiger charge is 2.40. The summed E-state index contributed by atoms with van der Waals surface area (Å²) in [4.78, 5) is 18.1. The third-order valence-corrected chi connectivity index (χ3v) is 10.3. The predicted octanol–water partition coefficient (Wildman–Crippen LogP) is 4.50. The van der Waals surface area contributed by atoms with E-state index in [9.17, 15) is 13.2 Å². The first-order valence-electron chi connectivity index (χ1n) is 10.0. The molecule has 1 aliphatic heterocycles. The minimum Gasteiger partial charge on any atom is -0.380 e. The predicted molar refractivity (Wildman–Crippen MR) is 131 cm³/mol. The number of benzene rings is 1. The Morgan fingerprint density at radius 3 is 2.84 bits per heavy atom. The van der Waals surface area contributed by atoms with Gasteiger partial charge in [0, 0.05) is 24.2 Å². The summed E-state index contributed by atoms with van der Waals surface area (Å²) in [5.74, 6) is -0.454. The second-order valence-electron chi connectivity index (χ2n) is 7.13. The van der Waals surface area contributed by atoms with E-state index in [1.54, 1.807) is 6.07 Å². The number of carbonyl (C=O) groups excluding carboxylic acids is 1. The number of ether oxygens (including phenoxy) is 1. The van der Waals surface area contributed by atoms with E-state index in [1.165, 1.54) is 21.7 Å². The van der Waals surface area contributed by atoms with E-state index in [2.05, 4.69) is 20.9 Å². The Labute approximate surface area is 207 Å². The lowest BCUT2D eigenvalue weighted by Gasteiger charge is -2.20. The second-order valence-corrected chi connectivity index (χ2v) is 12.9. The highest BCUT2D eigenvalue weighted by molar-refractivity contribution is 9.10. The zero-order valence-electron chi connectivity index (χ0n) is 17.2. The number of carbonyl (C=O) groups is 1. The van der Waals surface area contributed by atoms with Crippen molar-refractivity contribution in [2.45, 2.75) is 36.6 Å². The SMILES string of the molecule is CCOCCn1c(=NC(=O)C2CCCN2S(=O)(=O)c2ccc(Cl)s2)sc2cc(Br)ccc21. The molecule has 2 aromatic heterocycles. The number of sulfonamides is 1. The fourth-order valence-electron chi connectivity index (χ4n) is 3.64. The Bertz CT molecular complexity index is 1320. The van der Waals surface area contributed by atoms with Gasteiger partial charge in [-0.3, -0.25) is 4.79 Å². The van der Waals surface area contributed by atoms with Crippen molar-refractivity contribution in [3.63, 3.8) is 0 Å². The molecule has 3 aromatic rings. The number of thiophene rings is 1. The first-order valence-corrected chi connectivity index (χ1v) is 14.3. The molecule has 172 valence electrons. The molecular weight excluding hydrogens is 558 g/mol. The van der Waals surface area contributed by atoms with Crippen LogP contribution in [0.5, 0.6) is 0 Å². The molecule has 3 heterocycles. The molecule has 0 saturated carbocycles. The van der Waals surface area contributed by atoms with Crippen molar-refractivity contribution in [2.75, 3.05) is 19.8 Å².